The summed E-state index contributed by atoms with van der Waals surface area (Å²) in [5, 5.41) is 7.95. The summed E-state index contributed by atoms with van der Waals surface area (Å²) in [6.45, 7) is 10.4. The number of guanidine groups is 1. The zero-order valence-corrected chi connectivity index (χ0v) is 16.2. The number of aliphatic imine (C=N–C) groups is 1. The second-order valence-electron chi connectivity index (χ2n) is 7.02. The van der Waals surface area contributed by atoms with E-state index < -0.39 is 0 Å². The number of para-hydroxylation sites is 1. The fourth-order valence-corrected chi connectivity index (χ4v) is 3.54. The van der Waals surface area contributed by atoms with Gasteiger partial charge >= 0.3 is 0 Å². The fraction of sp³-hybridized carbons (Fsp3) is 0.571. The van der Waals surface area contributed by atoms with E-state index >= 15 is 0 Å². The lowest BCUT2D eigenvalue weighted by Gasteiger charge is -2.15. The van der Waals surface area contributed by atoms with Gasteiger partial charge in [-0.2, -0.15) is 0 Å². The number of hydrogen-bond acceptors (Lipinski definition) is 3. The molecule has 0 bridgehead atoms. The summed E-state index contributed by atoms with van der Waals surface area (Å²) >= 11 is 0. The summed E-state index contributed by atoms with van der Waals surface area (Å²) in [6, 6.07) is 8.17. The number of unbranched alkanes of at least 4 members (excludes halogenated alkanes) is 1. The van der Waals surface area contributed by atoms with E-state index in [1.165, 1.54) is 56.3 Å². The Labute approximate surface area is 156 Å². The van der Waals surface area contributed by atoms with Crippen molar-refractivity contribution in [3.05, 3.63) is 35.6 Å². The molecule has 0 radical (unpaired) electrons. The molecule has 2 N–H and O–H groups in total. The minimum Gasteiger partial charge on any atom is -0.459 e. The number of benzene rings is 1. The number of nitrogens with zero attached hydrogens (tertiary/aromatic N) is 2. The van der Waals surface area contributed by atoms with Crippen LogP contribution in [-0.2, 0) is 6.54 Å². The van der Waals surface area contributed by atoms with E-state index in [1.807, 2.05) is 18.2 Å². The van der Waals surface area contributed by atoms with E-state index in [2.05, 4.69) is 35.4 Å². The zero-order valence-electron chi connectivity index (χ0n) is 16.2. The number of furan rings is 1. The Morgan fingerprint density at radius 3 is 2.73 bits per heavy atom. The average Bonchev–Trinajstić information content (AvgIpc) is 3.28. The molecule has 0 aliphatic carbocycles. The van der Waals surface area contributed by atoms with Gasteiger partial charge in [0.1, 0.15) is 17.9 Å². The van der Waals surface area contributed by atoms with Gasteiger partial charge in [0, 0.05) is 24.0 Å². The molecular formula is C21H32N4O. The summed E-state index contributed by atoms with van der Waals surface area (Å²) in [5.41, 5.74) is 2.13. The van der Waals surface area contributed by atoms with Gasteiger partial charge in [-0.25, -0.2) is 4.99 Å². The topological polar surface area (TPSA) is 52.8 Å². The van der Waals surface area contributed by atoms with E-state index in [-0.39, 0.29) is 0 Å². The maximum absolute atomic E-state index is 5.96. The molecule has 0 unspecified atom stereocenters. The molecule has 1 aromatic heterocycles. The Hall–Kier alpha value is -2.01. The zero-order chi connectivity index (χ0) is 18.2. The molecule has 0 spiro atoms. The van der Waals surface area contributed by atoms with Crippen molar-refractivity contribution in [1.82, 2.24) is 15.5 Å². The largest absolute Gasteiger partial charge is 0.459 e. The number of fused-ring (bicyclic) bond motifs is 1. The molecule has 0 atom stereocenters. The normalized spacial score (nSPS) is 15.7. The molecule has 0 saturated carbocycles. The average molecular weight is 357 g/mol. The van der Waals surface area contributed by atoms with Crippen LogP contribution in [0.1, 0.15) is 43.9 Å². The Balaban J connectivity index is 1.48. The molecular weight excluding hydrogens is 324 g/mol. The number of hydrogen-bond donors (Lipinski definition) is 2. The van der Waals surface area contributed by atoms with E-state index in [4.69, 9.17) is 9.41 Å². The Kier molecular flexibility index (Phi) is 6.95. The van der Waals surface area contributed by atoms with Crippen LogP contribution in [0.25, 0.3) is 11.0 Å². The quantitative estimate of drug-likeness (QED) is 0.430. The van der Waals surface area contributed by atoms with Crippen LogP contribution < -0.4 is 10.6 Å². The highest BCUT2D eigenvalue weighted by molar-refractivity contribution is 5.82. The molecule has 26 heavy (non-hydrogen) atoms. The van der Waals surface area contributed by atoms with Gasteiger partial charge in [0.05, 0.1) is 0 Å². The standard InChI is InChI=1S/C21H32N4O/c1-3-22-21(23-12-6-7-13-25-14-8-9-15-25)24-16-20-17(2)18-10-4-5-11-19(18)26-20/h4-5,10-11H,3,6-9,12-16H2,1-2H3,(H2,22,23,24). The van der Waals surface area contributed by atoms with Crippen LogP contribution in [0.15, 0.2) is 33.7 Å². The molecule has 1 aliphatic rings. The molecule has 0 amide bonds. The first kappa shape index (κ1) is 18.8. The van der Waals surface area contributed by atoms with Crippen molar-refractivity contribution in [3.8, 4) is 0 Å². The van der Waals surface area contributed by atoms with E-state index in [9.17, 15) is 0 Å². The Morgan fingerprint density at radius 2 is 1.96 bits per heavy atom. The van der Waals surface area contributed by atoms with Crippen molar-refractivity contribution in [3.63, 3.8) is 0 Å². The summed E-state index contributed by atoms with van der Waals surface area (Å²) in [5.74, 6) is 1.81. The molecule has 2 aromatic rings. The molecule has 5 heteroatoms. The Bertz CT molecular complexity index is 716. The molecule has 3 rings (SSSR count). The lowest BCUT2D eigenvalue weighted by atomic mass is 10.1. The van der Waals surface area contributed by atoms with E-state index in [0.717, 1.165) is 30.4 Å². The van der Waals surface area contributed by atoms with Crippen molar-refractivity contribution in [1.29, 1.82) is 0 Å². The summed E-state index contributed by atoms with van der Waals surface area (Å²) in [4.78, 5) is 7.28. The molecule has 142 valence electrons. The smallest absolute Gasteiger partial charge is 0.191 e. The Morgan fingerprint density at radius 1 is 1.15 bits per heavy atom. The highest BCUT2D eigenvalue weighted by Crippen LogP contribution is 2.25. The second kappa shape index (κ2) is 9.62. The third-order valence-electron chi connectivity index (χ3n) is 5.06. The van der Waals surface area contributed by atoms with E-state index in [1.54, 1.807) is 0 Å². The van der Waals surface area contributed by atoms with Crippen LogP contribution in [0.4, 0.5) is 0 Å². The monoisotopic (exact) mass is 356 g/mol. The third kappa shape index (κ3) is 5.01. The maximum Gasteiger partial charge on any atom is 0.191 e. The van der Waals surface area contributed by atoms with Crippen LogP contribution in [0.3, 0.4) is 0 Å². The molecule has 1 saturated heterocycles. The number of likely N-dealkylation sites (tertiary alicyclic amines) is 1. The van der Waals surface area contributed by atoms with Crippen molar-refractivity contribution >= 4 is 16.9 Å². The van der Waals surface area contributed by atoms with Crippen molar-refractivity contribution in [2.24, 2.45) is 4.99 Å². The molecule has 1 fully saturated rings. The van der Waals surface area contributed by atoms with Crippen molar-refractivity contribution < 1.29 is 4.42 Å². The molecule has 1 aliphatic heterocycles. The third-order valence-corrected chi connectivity index (χ3v) is 5.06. The summed E-state index contributed by atoms with van der Waals surface area (Å²) < 4.78 is 5.96. The lowest BCUT2D eigenvalue weighted by Crippen LogP contribution is -2.38. The van der Waals surface area contributed by atoms with E-state index in [0.29, 0.717) is 6.54 Å². The minimum absolute atomic E-state index is 0.559. The van der Waals surface area contributed by atoms with Crippen LogP contribution in [-0.4, -0.2) is 43.6 Å². The van der Waals surface area contributed by atoms with Crippen LogP contribution in [0.2, 0.25) is 0 Å². The predicted molar refractivity (Wildman–Crippen MR) is 109 cm³/mol. The summed E-state index contributed by atoms with van der Waals surface area (Å²) in [7, 11) is 0. The van der Waals surface area contributed by atoms with Gasteiger partial charge in [-0.3, -0.25) is 0 Å². The number of rotatable bonds is 8. The highest BCUT2D eigenvalue weighted by Gasteiger charge is 2.11. The molecule has 1 aromatic carbocycles. The van der Waals surface area contributed by atoms with Gasteiger partial charge in [-0.05, 0) is 65.2 Å². The fourth-order valence-electron chi connectivity index (χ4n) is 3.54. The number of aryl methyl sites for hydroxylation is 1. The number of nitrogens with one attached hydrogen (secondary N) is 2. The molecule has 5 nitrogen and oxygen atoms in total. The SMILES string of the molecule is CCNC(=NCc1oc2ccccc2c1C)NCCCCN1CCCC1. The predicted octanol–water partition coefficient (Wildman–Crippen LogP) is 3.67. The first-order chi connectivity index (χ1) is 12.8. The summed E-state index contributed by atoms with van der Waals surface area (Å²) in [6.07, 6.45) is 5.16. The molecule has 2 heterocycles. The van der Waals surface area contributed by atoms with Gasteiger partial charge in [-0.1, -0.05) is 18.2 Å². The van der Waals surface area contributed by atoms with Gasteiger partial charge < -0.3 is 20.0 Å². The van der Waals surface area contributed by atoms with Gasteiger partial charge in [0.25, 0.3) is 0 Å². The van der Waals surface area contributed by atoms with Crippen LogP contribution in [0, 0.1) is 6.92 Å². The van der Waals surface area contributed by atoms with Gasteiger partial charge in [0.2, 0.25) is 0 Å². The maximum atomic E-state index is 5.96. The minimum atomic E-state index is 0.559. The lowest BCUT2D eigenvalue weighted by molar-refractivity contribution is 0.330. The van der Waals surface area contributed by atoms with Crippen molar-refractivity contribution in [2.45, 2.75) is 46.1 Å². The van der Waals surface area contributed by atoms with Crippen molar-refractivity contribution in [2.75, 3.05) is 32.7 Å². The first-order valence-electron chi connectivity index (χ1n) is 9.99. The highest BCUT2D eigenvalue weighted by atomic mass is 16.3. The van der Waals surface area contributed by atoms with Gasteiger partial charge in [-0.15, -0.1) is 0 Å². The second-order valence-corrected chi connectivity index (χ2v) is 7.02. The van der Waals surface area contributed by atoms with Crippen LogP contribution in [0.5, 0.6) is 0 Å². The first-order valence-corrected chi connectivity index (χ1v) is 9.99. The van der Waals surface area contributed by atoms with Gasteiger partial charge in [0.15, 0.2) is 5.96 Å². The van der Waals surface area contributed by atoms with Crippen LogP contribution >= 0.6 is 0 Å².